The van der Waals surface area contributed by atoms with Crippen molar-refractivity contribution in [3.63, 3.8) is 0 Å². The Bertz CT molecular complexity index is 481. The largest absolute Gasteiger partial charge is 0.483 e. The van der Waals surface area contributed by atoms with Crippen LogP contribution in [0.25, 0.3) is 0 Å². The van der Waals surface area contributed by atoms with Crippen molar-refractivity contribution in [3.8, 4) is 5.75 Å². The highest BCUT2D eigenvalue weighted by Gasteiger charge is 2.34. The summed E-state index contributed by atoms with van der Waals surface area (Å²) in [6.45, 7) is 8.36. The zero-order chi connectivity index (χ0) is 14.8. The Morgan fingerprint density at radius 2 is 2.05 bits per heavy atom. The molecule has 1 aromatic rings. The lowest BCUT2D eigenvalue weighted by atomic mass is 9.90. The SMILES string of the molecule is Cc1cccc(C)c1OCC(=O)N1CCC(C)(CN)C1. The van der Waals surface area contributed by atoms with Gasteiger partial charge in [-0.05, 0) is 43.4 Å². The molecule has 1 saturated heterocycles. The number of aryl methyl sites for hydroxylation is 2. The molecule has 1 unspecified atom stereocenters. The quantitative estimate of drug-likeness (QED) is 0.913. The van der Waals surface area contributed by atoms with Crippen LogP contribution in [0.1, 0.15) is 24.5 Å². The highest BCUT2D eigenvalue weighted by molar-refractivity contribution is 5.78. The van der Waals surface area contributed by atoms with Gasteiger partial charge in [0, 0.05) is 13.1 Å². The normalized spacial score (nSPS) is 22.1. The van der Waals surface area contributed by atoms with E-state index in [1.54, 1.807) is 0 Å². The number of amides is 1. The molecule has 1 amide bonds. The lowest BCUT2D eigenvalue weighted by Gasteiger charge is -2.22. The van der Waals surface area contributed by atoms with Crippen LogP contribution in [0.5, 0.6) is 5.75 Å². The molecule has 110 valence electrons. The molecule has 2 N–H and O–H groups in total. The minimum atomic E-state index is 0.0461. The highest BCUT2D eigenvalue weighted by atomic mass is 16.5. The van der Waals surface area contributed by atoms with Crippen LogP contribution in [0, 0.1) is 19.3 Å². The number of hydrogen-bond donors (Lipinski definition) is 1. The molecule has 0 bridgehead atoms. The lowest BCUT2D eigenvalue weighted by molar-refractivity contribution is -0.132. The van der Waals surface area contributed by atoms with E-state index < -0.39 is 0 Å². The van der Waals surface area contributed by atoms with Gasteiger partial charge >= 0.3 is 0 Å². The van der Waals surface area contributed by atoms with Crippen LogP contribution in [-0.2, 0) is 4.79 Å². The summed E-state index contributed by atoms with van der Waals surface area (Å²) >= 11 is 0. The first kappa shape index (κ1) is 14.9. The molecule has 20 heavy (non-hydrogen) atoms. The molecule has 0 aliphatic carbocycles. The molecule has 0 spiro atoms. The third kappa shape index (κ3) is 3.12. The van der Waals surface area contributed by atoms with Crippen molar-refractivity contribution < 1.29 is 9.53 Å². The molecule has 1 fully saturated rings. The third-order valence-electron chi connectivity index (χ3n) is 4.15. The minimum absolute atomic E-state index is 0.0461. The van der Waals surface area contributed by atoms with Crippen LogP contribution >= 0.6 is 0 Å². The van der Waals surface area contributed by atoms with E-state index in [0.29, 0.717) is 6.54 Å². The van der Waals surface area contributed by atoms with E-state index in [4.69, 9.17) is 10.5 Å². The second-order valence-corrected chi connectivity index (χ2v) is 6.09. The number of carbonyl (C=O) groups excluding carboxylic acids is 1. The standard InChI is InChI=1S/C16H24N2O2/c1-12-5-4-6-13(2)15(12)20-9-14(19)18-8-7-16(3,10-17)11-18/h4-6H,7-11,17H2,1-3H3. The molecule has 1 aliphatic rings. The molecule has 0 saturated carbocycles. The van der Waals surface area contributed by atoms with Crippen molar-refractivity contribution in [2.75, 3.05) is 26.2 Å². The van der Waals surface area contributed by atoms with Gasteiger partial charge in [-0.25, -0.2) is 0 Å². The minimum Gasteiger partial charge on any atom is -0.483 e. The van der Waals surface area contributed by atoms with Gasteiger partial charge in [-0.15, -0.1) is 0 Å². The Hall–Kier alpha value is -1.55. The van der Waals surface area contributed by atoms with Gasteiger partial charge in [0.2, 0.25) is 0 Å². The van der Waals surface area contributed by atoms with Crippen molar-refractivity contribution in [2.45, 2.75) is 27.2 Å². The number of nitrogens with two attached hydrogens (primary N) is 1. The maximum Gasteiger partial charge on any atom is 0.260 e. The Kier molecular flexibility index (Phi) is 4.33. The topological polar surface area (TPSA) is 55.6 Å². The number of rotatable bonds is 4. The molecule has 2 rings (SSSR count). The second kappa shape index (κ2) is 5.83. The van der Waals surface area contributed by atoms with Crippen LogP contribution < -0.4 is 10.5 Å². The molecular formula is C16H24N2O2. The van der Waals surface area contributed by atoms with Crippen LogP contribution in [0.4, 0.5) is 0 Å². The van der Waals surface area contributed by atoms with Crippen LogP contribution in [0.3, 0.4) is 0 Å². The summed E-state index contributed by atoms with van der Waals surface area (Å²) in [7, 11) is 0. The maximum atomic E-state index is 12.2. The van der Waals surface area contributed by atoms with Gasteiger partial charge in [-0.2, -0.15) is 0 Å². The van der Waals surface area contributed by atoms with Gasteiger partial charge in [0.1, 0.15) is 5.75 Å². The molecule has 1 aliphatic heterocycles. The van der Waals surface area contributed by atoms with E-state index in [0.717, 1.165) is 36.4 Å². The van der Waals surface area contributed by atoms with Crippen LogP contribution in [-0.4, -0.2) is 37.0 Å². The fraction of sp³-hybridized carbons (Fsp3) is 0.562. The molecule has 1 aromatic carbocycles. The molecule has 4 heteroatoms. The summed E-state index contributed by atoms with van der Waals surface area (Å²) in [6.07, 6.45) is 0.971. The number of likely N-dealkylation sites (tertiary alicyclic amines) is 1. The summed E-state index contributed by atoms with van der Waals surface area (Å²) in [5, 5.41) is 0. The van der Waals surface area contributed by atoms with Gasteiger partial charge in [0.05, 0.1) is 0 Å². The molecule has 1 heterocycles. The average Bonchev–Trinajstić information content (AvgIpc) is 2.81. The van der Waals surface area contributed by atoms with Crippen molar-refractivity contribution >= 4 is 5.91 Å². The fourth-order valence-electron chi connectivity index (χ4n) is 2.66. The van der Waals surface area contributed by atoms with E-state index >= 15 is 0 Å². The number of carbonyl (C=O) groups is 1. The van der Waals surface area contributed by atoms with Gasteiger partial charge in [0.25, 0.3) is 5.91 Å². The average molecular weight is 276 g/mol. The van der Waals surface area contributed by atoms with E-state index in [-0.39, 0.29) is 17.9 Å². The zero-order valence-corrected chi connectivity index (χ0v) is 12.6. The Balaban J connectivity index is 1.93. The first-order valence-corrected chi connectivity index (χ1v) is 7.12. The summed E-state index contributed by atoms with van der Waals surface area (Å²) < 4.78 is 5.72. The lowest BCUT2D eigenvalue weighted by Crippen LogP contribution is -2.37. The summed E-state index contributed by atoms with van der Waals surface area (Å²) in [5.74, 6) is 0.867. The Morgan fingerprint density at radius 1 is 1.40 bits per heavy atom. The maximum absolute atomic E-state index is 12.2. The number of nitrogens with zero attached hydrogens (tertiary/aromatic N) is 1. The van der Waals surface area contributed by atoms with Gasteiger partial charge in [-0.3, -0.25) is 4.79 Å². The van der Waals surface area contributed by atoms with E-state index in [2.05, 4.69) is 6.92 Å². The van der Waals surface area contributed by atoms with Crippen LogP contribution in [0.2, 0.25) is 0 Å². The molecule has 1 atom stereocenters. The molecule has 0 aromatic heterocycles. The number of ether oxygens (including phenoxy) is 1. The number of hydrogen-bond acceptors (Lipinski definition) is 3. The summed E-state index contributed by atoms with van der Waals surface area (Å²) in [5.41, 5.74) is 7.95. The third-order valence-corrected chi connectivity index (χ3v) is 4.15. The molecular weight excluding hydrogens is 252 g/mol. The van der Waals surface area contributed by atoms with Crippen molar-refractivity contribution in [3.05, 3.63) is 29.3 Å². The fourth-order valence-corrected chi connectivity index (χ4v) is 2.66. The van der Waals surface area contributed by atoms with Gasteiger partial charge in [-0.1, -0.05) is 25.1 Å². The van der Waals surface area contributed by atoms with Crippen molar-refractivity contribution in [2.24, 2.45) is 11.1 Å². The van der Waals surface area contributed by atoms with Gasteiger partial charge < -0.3 is 15.4 Å². The smallest absolute Gasteiger partial charge is 0.260 e. The Labute approximate surface area is 120 Å². The van der Waals surface area contributed by atoms with Crippen molar-refractivity contribution in [1.29, 1.82) is 0 Å². The first-order chi connectivity index (χ1) is 9.45. The molecule has 0 radical (unpaired) electrons. The first-order valence-electron chi connectivity index (χ1n) is 7.12. The van der Waals surface area contributed by atoms with Gasteiger partial charge in [0.15, 0.2) is 6.61 Å². The van der Waals surface area contributed by atoms with E-state index in [9.17, 15) is 4.79 Å². The van der Waals surface area contributed by atoms with Crippen LogP contribution in [0.15, 0.2) is 18.2 Å². The van der Waals surface area contributed by atoms with Crippen molar-refractivity contribution in [1.82, 2.24) is 4.90 Å². The summed E-state index contributed by atoms with van der Waals surface area (Å²) in [4.78, 5) is 14.1. The number of benzene rings is 1. The zero-order valence-electron chi connectivity index (χ0n) is 12.6. The van der Waals surface area contributed by atoms with E-state index in [1.807, 2.05) is 36.9 Å². The molecule has 4 nitrogen and oxygen atoms in total. The predicted molar refractivity (Wildman–Crippen MR) is 79.8 cm³/mol. The Morgan fingerprint density at radius 3 is 2.60 bits per heavy atom. The highest BCUT2D eigenvalue weighted by Crippen LogP contribution is 2.28. The second-order valence-electron chi connectivity index (χ2n) is 6.09. The monoisotopic (exact) mass is 276 g/mol. The van der Waals surface area contributed by atoms with E-state index in [1.165, 1.54) is 0 Å². The predicted octanol–water partition coefficient (Wildman–Crippen LogP) is 1.88. The number of para-hydroxylation sites is 1. The summed E-state index contributed by atoms with van der Waals surface area (Å²) in [6, 6.07) is 5.98.